The first kappa shape index (κ1) is 13.6. The number of phenols is 1. The minimum atomic E-state index is 0.282. The summed E-state index contributed by atoms with van der Waals surface area (Å²) in [6, 6.07) is 6.04. The molecule has 0 radical (unpaired) electrons. The smallest absolute Gasteiger partial charge is 0.115 e. The summed E-state index contributed by atoms with van der Waals surface area (Å²) in [4.78, 5) is 0. The highest BCUT2D eigenvalue weighted by Gasteiger charge is 2.44. The molecule has 1 saturated carbocycles. The molecule has 4 rings (SSSR count). The summed E-state index contributed by atoms with van der Waals surface area (Å²) in [6.45, 7) is 3.38. The summed E-state index contributed by atoms with van der Waals surface area (Å²) in [5, 5.41) is 9.83. The molecule has 1 heterocycles. The molecule has 1 aromatic carbocycles. The van der Waals surface area contributed by atoms with E-state index in [0.29, 0.717) is 11.9 Å². The second kappa shape index (κ2) is 5.01. The van der Waals surface area contributed by atoms with Crippen LogP contribution in [-0.4, -0.2) is 17.8 Å². The second-order valence-corrected chi connectivity index (χ2v) is 7.74. The first-order valence-electron chi connectivity index (χ1n) is 8.58. The molecule has 3 aliphatic rings. The molecular weight excluding hydrogens is 260 g/mol. The zero-order valence-corrected chi connectivity index (χ0v) is 13.0. The molecule has 1 N–H and O–H groups in total. The first-order valence-corrected chi connectivity index (χ1v) is 8.58. The number of ether oxygens (including phenoxy) is 1. The average molecular weight is 286 g/mol. The fraction of sp³-hybridized carbons (Fsp3) is 0.684. The number of hydrogen-bond acceptors (Lipinski definition) is 2. The molecule has 0 spiro atoms. The Hall–Kier alpha value is -1.02. The van der Waals surface area contributed by atoms with Gasteiger partial charge >= 0.3 is 0 Å². The van der Waals surface area contributed by atoms with Crippen molar-refractivity contribution in [1.29, 1.82) is 0 Å². The molecule has 1 unspecified atom stereocenters. The van der Waals surface area contributed by atoms with Crippen LogP contribution in [0.2, 0.25) is 0 Å². The monoisotopic (exact) mass is 286 g/mol. The van der Waals surface area contributed by atoms with Gasteiger partial charge in [-0.05, 0) is 85.5 Å². The van der Waals surface area contributed by atoms with Gasteiger partial charge in [-0.3, -0.25) is 0 Å². The number of aromatic hydroxyl groups is 1. The van der Waals surface area contributed by atoms with E-state index in [1.807, 2.05) is 12.1 Å². The molecule has 2 aliphatic carbocycles. The van der Waals surface area contributed by atoms with E-state index in [2.05, 4.69) is 13.0 Å². The van der Waals surface area contributed by atoms with Crippen molar-refractivity contribution < 1.29 is 9.84 Å². The van der Waals surface area contributed by atoms with Crippen LogP contribution in [0.5, 0.6) is 5.75 Å². The molecule has 0 aromatic heterocycles. The third kappa shape index (κ3) is 2.38. The third-order valence-electron chi connectivity index (χ3n) is 6.26. The zero-order chi connectivity index (χ0) is 14.4. The molecule has 2 bridgehead atoms. The van der Waals surface area contributed by atoms with Gasteiger partial charge in [0.15, 0.2) is 0 Å². The van der Waals surface area contributed by atoms with E-state index in [0.717, 1.165) is 18.4 Å². The summed E-state index contributed by atoms with van der Waals surface area (Å²) in [5.41, 5.74) is 3.17. The highest BCUT2D eigenvalue weighted by Crippen LogP contribution is 2.52. The van der Waals surface area contributed by atoms with Gasteiger partial charge in [-0.1, -0.05) is 13.0 Å². The Balaban J connectivity index is 1.58. The Kier molecular flexibility index (Phi) is 3.25. The minimum Gasteiger partial charge on any atom is -0.508 e. The van der Waals surface area contributed by atoms with Crippen molar-refractivity contribution in [3.8, 4) is 5.75 Å². The Morgan fingerprint density at radius 2 is 2.24 bits per heavy atom. The van der Waals surface area contributed by atoms with Crippen LogP contribution in [0.15, 0.2) is 18.2 Å². The standard InChI is InChI=1S/C19H26O2/c1-19-7-6-13(10-17-3-2-8-21-17)15(12-19)9-14-4-5-16(20)11-18(14)19/h4-5,11,13,15,17,20H,2-3,6-10,12H2,1H3/t13?,15-,17-,19-/m1/s1. The van der Waals surface area contributed by atoms with Gasteiger partial charge < -0.3 is 9.84 Å². The van der Waals surface area contributed by atoms with Gasteiger partial charge in [-0.15, -0.1) is 0 Å². The topological polar surface area (TPSA) is 29.5 Å². The van der Waals surface area contributed by atoms with E-state index in [1.54, 1.807) is 0 Å². The van der Waals surface area contributed by atoms with E-state index in [-0.39, 0.29) is 5.41 Å². The summed E-state index contributed by atoms with van der Waals surface area (Å²) >= 11 is 0. The lowest BCUT2D eigenvalue weighted by molar-refractivity contribution is 0.0524. The maximum atomic E-state index is 9.83. The summed E-state index contributed by atoms with van der Waals surface area (Å²) in [6.07, 6.45) is 9.40. The van der Waals surface area contributed by atoms with Gasteiger partial charge in [0, 0.05) is 6.61 Å². The van der Waals surface area contributed by atoms with Crippen LogP contribution in [-0.2, 0) is 16.6 Å². The molecule has 4 atom stereocenters. The summed E-state index contributed by atoms with van der Waals surface area (Å²) in [7, 11) is 0. The molecule has 0 amide bonds. The van der Waals surface area contributed by atoms with E-state index >= 15 is 0 Å². The van der Waals surface area contributed by atoms with Gasteiger partial charge in [-0.2, -0.15) is 0 Å². The Morgan fingerprint density at radius 1 is 1.33 bits per heavy atom. The van der Waals surface area contributed by atoms with Crippen molar-refractivity contribution in [1.82, 2.24) is 0 Å². The van der Waals surface area contributed by atoms with Gasteiger partial charge in [0.1, 0.15) is 5.75 Å². The predicted molar refractivity (Wildman–Crippen MR) is 83.6 cm³/mol. The molecule has 1 aromatic rings. The number of hydrogen-bond donors (Lipinski definition) is 1. The van der Waals surface area contributed by atoms with Crippen molar-refractivity contribution >= 4 is 0 Å². The van der Waals surface area contributed by atoms with Gasteiger partial charge in [-0.25, -0.2) is 0 Å². The summed E-state index contributed by atoms with van der Waals surface area (Å²) < 4.78 is 5.87. The maximum Gasteiger partial charge on any atom is 0.115 e. The fourth-order valence-corrected chi connectivity index (χ4v) is 5.14. The second-order valence-electron chi connectivity index (χ2n) is 7.74. The molecule has 2 heteroatoms. The predicted octanol–water partition coefficient (Wildman–Crippen LogP) is 4.19. The van der Waals surface area contributed by atoms with Crippen molar-refractivity contribution in [3.63, 3.8) is 0 Å². The van der Waals surface area contributed by atoms with Crippen LogP contribution >= 0.6 is 0 Å². The first-order chi connectivity index (χ1) is 10.1. The van der Waals surface area contributed by atoms with Crippen molar-refractivity contribution in [2.45, 2.75) is 63.4 Å². The zero-order valence-electron chi connectivity index (χ0n) is 13.0. The van der Waals surface area contributed by atoms with Gasteiger partial charge in [0.2, 0.25) is 0 Å². The van der Waals surface area contributed by atoms with E-state index in [9.17, 15) is 5.11 Å². The largest absolute Gasteiger partial charge is 0.508 e. The Bertz CT molecular complexity index is 532. The van der Waals surface area contributed by atoms with E-state index in [1.165, 1.54) is 56.1 Å². The third-order valence-corrected chi connectivity index (χ3v) is 6.26. The molecular formula is C19H26O2. The summed E-state index contributed by atoms with van der Waals surface area (Å²) in [5.74, 6) is 2.07. The van der Waals surface area contributed by atoms with Gasteiger partial charge in [0.25, 0.3) is 0 Å². The normalized spacial score (nSPS) is 38.2. The molecule has 2 nitrogen and oxygen atoms in total. The van der Waals surface area contributed by atoms with Crippen LogP contribution in [0.4, 0.5) is 0 Å². The van der Waals surface area contributed by atoms with Crippen LogP contribution < -0.4 is 0 Å². The lowest BCUT2D eigenvalue weighted by Crippen LogP contribution is -2.41. The van der Waals surface area contributed by atoms with Crippen LogP contribution in [0.1, 0.15) is 56.6 Å². The number of phenolic OH excluding ortho intramolecular Hbond substituents is 1. The number of benzene rings is 1. The lowest BCUT2D eigenvalue weighted by atomic mass is 9.56. The van der Waals surface area contributed by atoms with Crippen LogP contribution in [0.25, 0.3) is 0 Å². The molecule has 1 aliphatic heterocycles. The SMILES string of the molecule is C[C@]12CCC(C[C@H]3CCCO3)[C@H](Cc3ccc(O)cc31)C2. The fourth-order valence-electron chi connectivity index (χ4n) is 5.14. The molecule has 2 fully saturated rings. The maximum absolute atomic E-state index is 9.83. The molecule has 21 heavy (non-hydrogen) atoms. The van der Waals surface area contributed by atoms with E-state index < -0.39 is 0 Å². The quantitative estimate of drug-likeness (QED) is 0.883. The minimum absolute atomic E-state index is 0.282. The Morgan fingerprint density at radius 3 is 3.05 bits per heavy atom. The number of rotatable bonds is 2. The van der Waals surface area contributed by atoms with Gasteiger partial charge in [0.05, 0.1) is 6.10 Å². The van der Waals surface area contributed by atoms with Crippen molar-refractivity contribution in [2.24, 2.45) is 11.8 Å². The van der Waals surface area contributed by atoms with E-state index in [4.69, 9.17) is 4.74 Å². The Labute approximate surface area is 127 Å². The lowest BCUT2D eigenvalue weighted by Gasteiger charge is -2.48. The highest BCUT2D eigenvalue weighted by molar-refractivity contribution is 5.42. The van der Waals surface area contributed by atoms with Crippen molar-refractivity contribution in [3.05, 3.63) is 29.3 Å². The molecule has 1 saturated heterocycles. The van der Waals surface area contributed by atoms with Crippen molar-refractivity contribution in [2.75, 3.05) is 6.61 Å². The highest BCUT2D eigenvalue weighted by atomic mass is 16.5. The average Bonchev–Trinajstić information content (AvgIpc) is 2.96. The van der Waals surface area contributed by atoms with Crippen LogP contribution in [0.3, 0.4) is 0 Å². The molecule has 114 valence electrons. The number of fused-ring (bicyclic) bond motifs is 4. The van der Waals surface area contributed by atoms with Crippen LogP contribution in [0, 0.1) is 11.8 Å².